The maximum atomic E-state index is 15.0. The zero-order valence-electron chi connectivity index (χ0n) is 26.7. The van der Waals surface area contributed by atoms with Crippen molar-refractivity contribution in [1.29, 1.82) is 0 Å². The van der Waals surface area contributed by atoms with E-state index in [1.165, 1.54) is 6.07 Å². The van der Waals surface area contributed by atoms with E-state index < -0.39 is 25.8 Å². The summed E-state index contributed by atoms with van der Waals surface area (Å²) in [4.78, 5) is 27.7. The molecular weight excluding hydrogens is 612 g/mol. The van der Waals surface area contributed by atoms with Crippen LogP contribution < -0.4 is 5.32 Å². The molecular formula is C35H46ClF2N3O3Si. The van der Waals surface area contributed by atoms with Crippen LogP contribution in [0.25, 0.3) is 11.1 Å². The highest BCUT2D eigenvalue weighted by molar-refractivity contribution is 6.76. The number of benzene rings is 2. The number of rotatable bonds is 14. The van der Waals surface area contributed by atoms with Gasteiger partial charge in [0.2, 0.25) is 5.91 Å². The second-order valence-corrected chi connectivity index (χ2v) is 19.1. The van der Waals surface area contributed by atoms with E-state index in [9.17, 15) is 14.0 Å². The Morgan fingerprint density at radius 3 is 2.49 bits per heavy atom. The molecule has 10 heteroatoms. The van der Waals surface area contributed by atoms with Crippen molar-refractivity contribution in [2.45, 2.75) is 76.8 Å². The summed E-state index contributed by atoms with van der Waals surface area (Å²) in [6.07, 6.45) is 7.06. The number of nitrogens with zero attached hydrogens (tertiary/aromatic N) is 2. The summed E-state index contributed by atoms with van der Waals surface area (Å²) in [5, 5.41) is 2.82. The van der Waals surface area contributed by atoms with Crippen LogP contribution in [-0.4, -0.2) is 55.1 Å². The molecule has 0 aliphatic heterocycles. The fraction of sp³-hybridized carbons (Fsp3) is 0.486. The molecule has 1 saturated carbocycles. The summed E-state index contributed by atoms with van der Waals surface area (Å²) < 4.78 is 36.7. The molecule has 3 aromatic rings. The van der Waals surface area contributed by atoms with E-state index in [4.69, 9.17) is 16.3 Å². The smallest absolute Gasteiger partial charge is 0.407 e. The molecule has 244 valence electrons. The molecule has 1 fully saturated rings. The number of halogens is 3. The van der Waals surface area contributed by atoms with Gasteiger partial charge in [-0.05, 0) is 61.1 Å². The Kier molecular flexibility index (Phi) is 12.6. The second kappa shape index (κ2) is 16.4. The standard InChI is InChI=1S/C35H46ClF2N3O3Si/c1-45(2,3)20-19-44-35(43)39-17-10-18-41(33(42)23-36)34(27-13-8-5-9-14-27)32-21-28(30-22-29(37)15-16-31(30)38)25-40(32)24-26-11-6-4-7-12-26/h4,6-7,11-12,15-16,21-22,25,27,34H,5,8-10,13-14,17-20,23-24H2,1-3H3,(H,39,43)/t34-/m1/s1. The Labute approximate surface area is 272 Å². The molecule has 45 heavy (non-hydrogen) atoms. The number of alkyl carbamates (subject to hydrolysis) is 1. The number of nitrogens with one attached hydrogen (secondary N) is 1. The Morgan fingerprint density at radius 1 is 1.07 bits per heavy atom. The van der Waals surface area contributed by atoms with Gasteiger partial charge in [0.25, 0.3) is 0 Å². The minimum atomic E-state index is -1.31. The normalized spacial score (nSPS) is 14.6. The molecule has 1 N–H and O–H groups in total. The van der Waals surface area contributed by atoms with Crippen molar-refractivity contribution in [1.82, 2.24) is 14.8 Å². The molecule has 0 saturated heterocycles. The van der Waals surface area contributed by atoms with Crippen LogP contribution in [0, 0.1) is 17.6 Å². The summed E-state index contributed by atoms with van der Waals surface area (Å²) in [5.41, 5.74) is 2.65. The lowest BCUT2D eigenvalue weighted by Gasteiger charge is -2.39. The van der Waals surface area contributed by atoms with Crippen molar-refractivity contribution in [2.24, 2.45) is 5.92 Å². The quantitative estimate of drug-likeness (QED) is 0.107. The fourth-order valence-electron chi connectivity index (χ4n) is 6.10. The molecule has 2 aromatic carbocycles. The van der Waals surface area contributed by atoms with Gasteiger partial charge in [-0.3, -0.25) is 4.79 Å². The second-order valence-electron chi connectivity index (χ2n) is 13.2. The van der Waals surface area contributed by atoms with Crippen LogP contribution in [-0.2, 0) is 16.1 Å². The maximum Gasteiger partial charge on any atom is 0.407 e. The Morgan fingerprint density at radius 2 is 1.80 bits per heavy atom. The van der Waals surface area contributed by atoms with Gasteiger partial charge in [0.05, 0.1) is 12.6 Å². The average Bonchev–Trinajstić information content (AvgIpc) is 3.42. The first kappa shape index (κ1) is 34.7. The van der Waals surface area contributed by atoms with Crippen LogP contribution in [0.15, 0.2) is 60.8 Å². The topological polar surface area (TPSA) is 63.6 Å². The molecule has 1 aliphatic carbocycles. The van der Waals surface area contributed by atoms with E-state index in [-0.39, 0.29) is 29.3 Å². The van der Waals surface area contributed by atoms with Gasteiger partial charge < -0.3 is 19.5 Å². The molecule has 1 heterocycles. The van der Waals surface area contributed by atoms with Crippen LogP contribution in [0.4, 0.5) is 13.6 Å². The van der Waals surface area contributed by atoms with Gasteiger partial charge in [-0.15, -0.1) is 11.6 Å². The van der Waals surface area contributed by atoms with Crippen molar-refractivity contribution in [2.75, 3.05) is 25.6 Å². The summed E-state index contributed by atoms with van der Waals surface area (Å²) in [7, 11) is -1.31. The predicted octanol–water partition coefficient (Wildman–Crippen LogP) is 8.62. The molecule has 0 unspecified atom stereocenters. The molecule has 4 rings (SSSR count). The van der Waals surface area contributed by atoms with Crippen LogP contribution in [0.5, 0.6) is 0 Å². The first-order valence-electron chi connectivity index (χ1n) is 16.0. The van der Waals surface area contributed by atoms with Gasteiger partial charge in [0.15, 0.2) is 0 Å². The van der Waals surface area contributed by atoms with Crippen molar-refractivity contribution < 1.29 is 23.1 Å². The minimum absolute atomic E-state index is 0.167. The van der Waals surface area contributed by atoms with Crippen molar-refractivity contribution in [3.8, 4) is 11.1 Å². The lowest BCUT2D eigenvalue weighted by molar-refractivity contribution is -0.132. The van der Waals surface area contributed by atoms with Crippen molar-refractivity contribution in [3.05, 3.63) is 83.7 Å². The Bertz CT molecular complexity index is 1410. The monoisotopic (exact) mass is 657 g/mol. The third kappa shape index (κ3) is 10.2. The number of alkyl halides is 1. The molecule has 1 aromatic heterocycles. The number of carbonyl (C=O) groups is 2. The largest absolute Gasteiger partial charge is 0.450 e. The van der Waals surface area contributed by atoms with Crippen molar-refractivity contribution in [3.63, 3.8) is 0 Å². The molecule has 0 radical (unpaired) electrons. The lowest BCUT2D eigenvalue weighted by Crippen LogP contribution is -2.42. The number of hydrogen-bond donors (Lipinski definition) is 1. The first-order chi connectivity index (χ1) is 21.6. The molecule has 1 aliphatic rings. The van der Waals surface area contributed by atoms with E-state index >= 15 is 4.39 Å². The summed E-state index contributed by atoms with van der Waals surface area (Å²) >= 11 is 6.21. The third-order valence-electron chi connectivity index (χ3n) is 8.47. The number of aromatic nitrogens is 1. The number of amides is 2. The highest BCUT2D eigenvalue weighted by Crippen LogP contribution is 2.41. The van der Waals surface area contributed by atoms with Gasteiger partial charge in [-0.25, -0.2) is 13.6 Å². The zero-order chi connectivity index (χ0) is 32.4. The van der Waals surface area contributed by atoms with Gasteiger partial charge in [0, 0.05) is 50.7 Å². The van der Waals surface area contributed by atoms with Crippen LogP contribution in [0.2, 0.25) is 25.7 Å². The molecule has 1 atom stereocenters. The zero-order valence-corrected chi connectivity index (χ0v) is 28.4. The average molecular weight is 658 g/mol. The summed E-state index contributed by atoms with van der Waals surface area (Å²) in [6, 6.07) is 15.9. The Balaban J connectivity index is 1.65. The molecule has 0 bridgehead atoms. The van der Waals surface area contributed by atoms with Crippen LogP contribution >= 0.6 is 11.6 Å². The van der Waals surface area contributed by atoms with Crippen LogP contribution in [0.3, 0.4) is 0 Å². The Hall–Kier alpha value is -3.17. The molecule has 6 nitrogen and oxygen atoms in total. The first-order valence-corrected chi connectivity index (χ1v) is 20.3. The number of ether oxygens (including phenoxy) is 1. The van der Waals surface area contributed by atoms with E-state index in [1.54, 1.807) is 0 Å². The van der Waals surface area contributed by atoms with Gasteiger partial charge in [0.1, 0.15) is 17.5 Å². The highest BCUT2D eigenvalue weighted by Gasteiger charge is 2.35. The van der Waals surface area contributed by atoms with E-state index in [1.807, 2.05) is 47.5 Å². The minimum Gasteiger partial charge on any atom is -0.450 e. The van der Waals surface area contributed by atoms with E-state index in [0.717, 1.165) is 61.5 Å². The SMILES string of the molecule is C[Si](C)(C)CCOC(=O)NCCCN(C(=O)CCl)[C@@H](c1cc(-c2cc(F)ccc2F)cn1Cc1ccccc1)C1CCCCC1. The fourth-order valence-corrected chi connectivity index (χ4v) is 6.97. The lowest BCUT2D eigenvalue weighted by atomic mass is 9.81. The van der Waals surface area contributed by atoms with E-state index in [0.29, 0.717) is 38.2 Å². The number of carbonyl (C=O) groups excluding carboxylic acids is 2. The maximum absolute atomic E-state index is 15.0. The van der Waals surface area contributed by atoms with Gasteiger partial charge in [-0.2, -0.15) is 0 Å². The van der Waals surface area contributed by atoms with Crippen molar-refractivity contribution >= 4 is 31.7 Å². The number of hydrogen-bond acceptors (Lipinski definition) is 3. The van der Waals surface area contributed by atoms with Gasteiger partial charge >= 0.3 is 6.09 Å². The summed E-state index contributed by atoms with van der Waals surface area (Å²) in [5.74, 6) is -1.24. The highest BCUT2D eigenvalue weighted by atomic mass is 35.5. The molecule has 0 spiro atoms. The van der Waals surface area contributed by atoms with E-state index in [2.05, 4.69) is 29.5 Å². The van der Waals surface area contributed by atoms with Crippen LogP contribution in [0.1, 0.15) is 55.8 Å². The van der Waals surface area contributed by atoms with Gasteiger partial charge in [-0.1, -0.05) is 69.2 Å². The predicted molar refractivity (Wildman–Crippen MR) is 179 cm³/mol. The summed E-state index contributed by atoms with van der Waals surface area (Å²) in [6.45, 7) is 8.31. The molecule has 2 amide bonds. The third-order valence-corrected chi connectivity index (χ3v) is 10.4.